The van der Waals surface area contributed by atoms with Crippen LogP contribution in [0.5, 0.6) is 5.75 Å². The van der Waals surface area contributed by atoms with E-state index in [2.05, 4.69) is 0 Å². The molecule has 4 heteroatoms. The Morgan fingerprint density at radius 3 is 2.84 bits per heavy atom. The maximum Gasteiger partial charge on any atom is 0.226 e. The second-order valence-electron chi connectivity index (χ2n) is 4.95. The van der Waals surface area contributed by atoms with Crippen LogP contribution < -0.4 is 4.74 Å². The number of amides is 1. The fraction of sp³-hybridized carbons (Fsp3) is 0.533. The molecule has 1 saturated heterocycles. The number of hydrogen-bond acceptors (Lipinski definition) is 3. The number of benzene rings is 1. The van der Waals surface area contributed by atoms with Crippen LogP contribution in [0.3, 0.4) is 0 Å². The van der Waals surface area contributed by atoms with Crippen LogP contribution in [-0.4, -0.2) is 42.7 Å². The molecule has 1 aliphatic heterocycles. The van der Waals surface area contributed by atoms with Crippen LogP contribution in [0.4, 0.5) is 0 Å². The number of nitrogens with zero attached hydrogens (tertiary/aromatic N) is 1. The number of morpholine rings is 1. The zero-order valence-corrected chi connectivity index (χ0v) is 11.5. The molecular formula is C15H21NO3. The third-order valence-electron chi connectivity index (χ3n) is 3.26. The van der Waals surface area contributed by atoms with Crippen molar-refractivity contribution in [1.29, 1.82) is 0 Å². The Balaban J connectivity index is 1.77. The first-order valence-corrected chi connectivity index (χ1v) is 6.75. The average Bonchev–Trinajstić information content (AvgIpc) is 2.42. The predicted molar refractivity (Wildman–Crippen MR) is 73.1 cm³/mol. The fourth-order valence-electron chi connectivity index (χ4n) is 2.17. The maximum atomic E-state index is 12.1. The van der Waals surface area contributed by atoms with Gasteiger partial charge in [-0.05, 0) is 26.0 Å². The van der Waals surface area contributed by atoms with E-state index in [9.17, 15) is 4.79 Å². The first-order valence-electron chi connectivity index (χ1n) is 6.75. The lowest BCUT2D eigenvalue weighted by Gasteiger charge is -2.36. The van der Waals surface area contributed by atoms with Crippen molar-refractivity contribution in [3.05, 3.63) is 30.3 Å². The van der Waals surface area contributed by atoms with E-state index in [1.165, 1.54) is 0 Å². The van der Waals surface area contributed by atoms with Gasteiger partial charge in [0.25, 0.3) is 0 Å². The second kappa shape index (κ2) is 6.57. The van der Waals surface area contributed by atoms with Gasteiger partial charge in [-0.25, -0.2) is 0 Å². The van der Waals surface area contributed by atoms with Crippen LogP contribution in [0, 0.1) is 0 Å². The summed E-state index contributed by atoms with van der Waals surface area (Å²) in [5, 5.41) is 0. The molecule has 0 saturated carbocycles. The smallest absolute Gasteiger partial charge is 0.226 e. The summed E-state index contributed by atoms with van der Waals surface area (Å²) in [4.78, 5) is 14.0. The molecule has 1 amide bonds. The number of ether oxygens (including phenoxy) is 2. The molecule has 1 aromatic rings. The monoisotopic (exact) mass is 263 g/mol. The van der Waals surface area contributed by atoms with Gasteiger partial charge in [-0.15, -0.1) is 0 Å². The van der Waals surface area contributed by atoms with Gasteiger partial charge in [0.2, 0.25) is 5.91 Å². The molecule has 1 fully saturated rings. The topological polar surface area (TPSA) is 38.8 Å². The number of carbonyl (C=O) groups is 1. The Bertz CT molecular complexity index is 407. The Morgan fingerprint density at radius 1 is 1.37 bits per heavy atom. The molecule has 0 N–H and O–H groups in total. The number of hydrogen-bond donors (Lipinski definition) is 0. The summed E-state index contributed by atoms with van der Waals surface area (Å²) in [5.41, 5.74) is 0. The lowest BCUT2D eigenvalue weighted by molar-refractivity contribution is -0.143. The van der Waals surface area contributed by atoms with Gasteiger partial charge in [-0.2, -0.15) is 0 Å². The molecular weight excluding hydrogens is 242 g/mol. The Hall–Kier alpha value is -1.55. The summed E-state index contributed by atoms with van der Waals surface area (Å²) in [6.07, 6.45) is 0.529. The van der Waals surface area contributed by atoms with E-state index < -0.39 is 0 Å². The van der Waals surface area contributed by atoms with Crippen LogP contribution in [0.2, 0.25) is 0 Å². The highest BCUT2D eigenvalue weighted by atomic mass is 16.5. The van der Waals surface area contributed by atoms with Gasteiger partial charge in [0.1, 0.15) is 5.75 Å². The van der Waals surface area contributed by atoms with Crippen molar-refractivity contribution in [3.63, 3.8) is 0 Å². The summed E-state index contributed by atoms with van der Waals surface area (Å²) in [6, 6.07) is 9.72. The minimum absolute atomic E-state index is 0.121. The Labute approximate surface area is 114 Å². The van der Waals surface area contributed by atoms with Crippen molar-refractivity contribution in [3.8, 4) is 5.75 Å². The van der Waals surface area contributed by atoms with E-state index in [0.717, 1.165) is 5.75 Å². The summed E-state index contributed by atoms with van der Waals surface area (Å²) in [6.45, 7) is 5.72. The van der Waals surface area contributed by atoms with E-state index in [1.54, 1.807) is 0 Å². The molecule has 19 heavy (non-hydrogen) atoms. The molecule has 2 atom stereocenters. The first-order chi connectivity index (χ1) is 9.16. The van der Waals surface area contributed by atoms with Crippen molar-refractivity contribution < 1.29 is 14.3 Å². The van der Waals surface area contributed by atoms with E-state index in [1.807, 2.05) is 49.1 Å². The molecule has 0 spiro atoms. The summed E-state index contributed by atoms with van der Waals surface area (Å²) >= 11 is 0. The van der Waals surface area contributed by atoms with Crippen LogP contribution in [-0.2, 0) is 9.53 Å². The summed E-state index contributed by atoms with van der Waals surface area (Å²) < 4.78 is 11.1. The highest BCUT2D eigenvalue weighted by Crippen LogP contribution is 2.13. The molecule has 0 radical (unpaired) electrons. The van der Waals surface area contributed by atoms with E-state index in [4.69, 9.17) is 9.47 Å². The molecule has 0 aliphatic carbocycles. The minimum atomic E-state index is 0.121. The van der Waals surface area contributed by atoms with Gasteiger partial charge in [0, 0.05) is 6.54 Å². The third kappa shape index (κ3) is 3.96. The first kappa shape index (κ1) is 13.9. The highest BCUT2D eigenvalue weighted by molar-refractivity contribution is 5.76. The molecule has 1 heterocycles. The standard InChI is InChI=1S/C15H21NO3/c1-12-11-19-13(2)10-16(12)15(17)8-9-18-14-6-4-3-5-7-14/h3-7,12-13H,8-11H2,1-2H3/t12-,13+/m1/s1. The van der Waals surface area contributed by atoms with E-state index in [0.29, 0.717) is 26.2 Å². The quantitative estimate of drug-likeness (QED) is 0.835. The van der Waals surface area contributed by atoms with Crippen molar-refractivity contribution in [2.24, 2.45) is 0 Å². The molecule has 1 aliphatic rings. The van der Waals surface area contributed by atoms with Gasteiger partial charge in [-0.3, -0.25) is 4.79 Å². The SMILES string of the molecule is C[C@@H]1CO[C@@H](C)CN1C(=O)CCOc1ccccc1. The summed E-state index contributed by atoms with van der Waals surface area (Å²) in [5.74, 6) is 0.942. The lowest BCUT2D eigenvalue weighted by atomic mass is 10.2. The van der Waals surface area contributed by atoms with E-state index in [-0.39, 0.29) is 18.1 Å². The molecule has 2 rings (SSSR count). The Morgan fingerprint density at radius 2 is 2.11 bits per heavy atom. The van der Waals surface area contributed by atoms with Gasteiger partial charge in [0.05, 0.1) is 31.8 Å². The number of carbonyl (C=O) groups excluding carboxylic acids is 1. The van der Waals surface area contributed by atoms with E-state index >= 15 is 0 Å². The van der Waals surface area contributed by atoms with Gasteiger partial charge in [-0.1, -0.05) is 18.2 Å². The third-order valence-corrected chi connectivity index (χ3v) is 3.26. The van der Waals surface area contributed by atoms with Crippen LogP contribution in [0.15, 0.2) is 30.3 Å². The van der Waals surface area contributed by atoms with Crippen LogP contribution >= 0.6 is 0 Å². The molecule has 0 aromatic heterocycles. The average molecular weight is 263 g/mol. The molecule has 0 bridgehead atoms. The zero-order chi connectivity index (χ0) is 13.7. The summed E-state index contributed by atoms with van der Waals surface area (Å²) in [7, 11) is 0. The van der Waals surface area contributed by atoms with Gasteiger partial charge >= 0.3 is 0 Å². The Kier molecular flexibility index (Phi) is 4.80. The number of rotatable bonds is 4. The van der Waals surface area contributed by atoms with Gasteiger partial charge in [0.15, 0.2) is 0 Å². The molecule has 0 unspecified atom stereocenters. The van der Waals surface area contributed by atoms with Crippen LogP contribution in [0.1, 0.15) is 20.3 Å². The van der Waals surface area contributed by atoms with Crippen molar-refractivity contribution in [2.45, 2.75) is 32.4 Å². The largest absolute Gasteiger partial charge is 0.493 e. The maximum absolute atomic E-state index is 12.1. The predicted octanol–water partition coefficient (Wildman–Crippen LogP) is 2.09. The fourth-order valence-corrected chi connectivity index (χ4v) is 2.17. The normalized spacial score (nSPS) is 23.2. The van der Waals surface area contributed by atoms with Crippen molar-refractivity contribution in [2.75, 3.05) is 19.8 Å². The zero-order valence-electron chi connectivity index (χ0n) is 11.5. The molecule has 1 aromatic carbocycles. The van der Waals surface area contributed by atoms with Gasteiger partial charge < -0.3 is 14.4 Å². The number of para-hydroxylation sites is 1. The molecule has 104 valence electrons. The van der Waals surface area contributed by atoms with Crippen LogP contribution in [0.25, 0.3) is 0 Å². The highest BCUT2D eigenvalue weighted by Gasteiger charge is 2.26. The minimum Gasteiger partial charge on any atom is -0.493 e. The second-order valence-corrected chi connectivity index (χ2v) is 4.95. The van der Waals surface area contributed by atoms with Crippen molar-refractivity contribution in [1.82, 2.24) is 4.90 Å². The lowest BCUT2D eigenvalue weighted by Crippen LogP contribution is -2.50. The molecule has 4 nitrogen and oxygen atoms in total. The van der Waals surface area contributed by atoms with Crippen molar-refractivity contribution >= 4 is 5.91 Å².